The summed E-state index contributed by atoms with van der Waals surface area (Å²) in [6.07, 6.45) is -1.89. The SMILES string of the molecule is CCC(CC)C(=O)Nc1ccc(-n2nccc2C(F)(F)F)cc1. The standard InChI is InChI=1S/C16H18F3N3O/c1-3-11(4-2)15(23)21-12-5-7-13(8-6-12)22-14(9-10-20-22)16(17,18)19/h5-11H,3-4H2,1-2H3,(H,21,23). The highest BCUT2D eigenvalue weighted by molar-refractivity contribution is 5.92. The van der Waals surface area contributed by atoms with E-state index in [9.17, 15) is 18.0 Å². The Hall–Kier alpha value is -2.31. The van der Waals surface area contributed by atoms with Gasteiger partial charge in [0.05, 0.1) is 11.9 Å². The molecule has 7 heteroatoms. The summed E-state index contributed by atoms with van der Waals surface area (Å²) in [5.41, 5.74) is -0.0134. The van der Waals surface area contributed by atoms with Crippen molar-refractivity contribution in [2.75, 3.05) is 5.32 Å². The molecule has 0 saturated heterocycles. The van der Waals surface area contributed by atoms with E-state index in [1.165, 1.54) is 12.1 Å². The summed E-state index contributed by atoms with van der Waals surface area (Å²) in [6.45, 7) is 3.88. The molecule has 0 aliphatic carbocycles. The van der Waals surface area contributed by atoms with Crippen LogP contribution >= 0.6 is 0 Å². The zero-order valence-corrected chi connectivity index (χ0v) is 12.9. The van der Waals surface area contributed by atoms with E-state index in [1.807, 2.05) is 13.8 Å². The molecule has 2 rings (SSSR count). The molecular formula is C16H18F3N3O. The summed E-state index contributed by atoms with van der Waals surface area (Å²) in [5, 5.41) is 6.48. The van der Waals surface area contributed by atoms with E-state index in [-0.39, 0.29) is 17.5 Å². The van der Waals surface area contributed by atoms with E-state index in [0.717, 1.165) is 29.8 Å². The van der Waals surface area contributed by atoms with Gasteiger partial charge in [-0.1, -0.05) is 13.8 Å². The minimum atomic E-state index is -4.47. The monoisotopic (exact) mass is 325 g/mol. The number of nitrogens with one attached hydrogen (secondary N) is 1. The van der Waals surface area contributed by atoms with Crippen LogP contribution in [0.3, 0.4) is 0 Å². The highest BCUT2D eigenvalue weighted by Gasteiger charge is 2.35. The first-order chi connectivity index (χ1) is 10.9. The molecule has 1 N–H and O–H groups in total. The largest absolute Gasteiger partial charge is 0.433 e. The Labute approximate surface area is 132 Å². The minimum Gasteiger partial charge on any atom is -0.326 e. The lowest BCUT2D eigenvalue weighted by atomic mass is 10.0. The second kappa shape index (κ2) is 6.85. The molecular weight excluding hydrogens is 307 g/mol. The van der Waals surface area contributed by atoms with E-state index >= 15 is 0 Å². The predicted octanol–water partition coefficient (Wildman–Crippen LogP) is 4.27. The second-order valence-electron chi connectivity index (χ2n) is 5.18. The summed E-state index contributed by atoms with van der Waals surface area (Å²) in [6, 6.07) is 7.03. The van der Waals surface area contributed by atoms with Crippen LogP contribution in [0.25, 0.3) is 5.69 Å². The Morgan fingerprint density at radius 3 is 2.30 bits per heavy atom. The molecule has 0 radical (unpaired) electrons. The topological polar surface area (TPSA) is 46.9 Å². The molecule has 124 valence electrons. The first-order valence-corrected chi connectivity index (χ1v) is 7.39. The molecule has 0 unspecified atom stereocenters. The van der Waals surface area contributed by atoms with Gasteiger partial charge in [0.25, 0.3) is 0 Å². The molecule has 0 aliphatic rings. The van der Waals surface area contributed by atoms with Crippen LogP contribution in [0, 0.1) is 5.92 Å². The number of carbonyl (C=O) groups excluding carboxylic acids is 1. The first kappa shape index (κ1) is 17.1. The maximum absolute atomic E-state index is 12.9. The number of benzene rings is 1. The third-order valence-corrected chi connectivity index (χ3v) is 3.67. The van der Waals surface area contributed by atoms with Crippen LogP contribution in [0.1, 0.15) is 32.4 Å². The fourth-order valence-corrected chi connectivity index (χ4v) is 2.31. The van der Waals surface area contributed by atoms with Crippen molar-refractivity contribution < 1.29 is 18.0 Å². The van der Waals surface area contributed by atoms with Crippen LogP contribution in [0.15, 0.2) is 36.5 Å². The molecule has 1 aromatic carbocycles. The zero-order chi connectivity index (χ0) is 17.0. The number of rotatable bonds is 5. The third kappa shape index (κ3) is 3.91. The predicted molar refractivity (Wildman–Crippen MR) is 81.3 cm³/mol. The summed E-state index contributed by atoms with van der Waals surface area (Å²) in [4.78, 5) is 12.0. The van der Waals surface area contributed by atoms with Gasteiger partial charge in [0, 0.05) is 11.6 Å². The van der Waals surface area contributed by atoms with Crippen LogP contribution in [-0.4, -0.2) is 15.7 Å². The van der Waals surface area contributed by atoms with Gasteiger partial charge >= 0.3 is 6.18 Å². The van der Waals surface area contributed by atoms with Crippen LogP contribution in [-0.2, 0) is 11.0 Å². The molecule has 0 fully saturated rings. The van der Waals surface area contributed by atoms with E-state index in [2.05, 4.69) is 10.4 Å². The van der Waals surface area contributed by atoms with Crippen LogP contribution < -0.4 is 5.32 Å². The molecule has 0 aliphatic heterocycles. The lowest BCUT2D eigenvalue weighted by molar-refractivity contribution is -0.142. The van der Waals surface area contributed by atoms with Crippen LogP contribution in [0.4, 0.5) is 18.9 Å². The smallest absolute Gasteiger partial charge is 0.326 e. The van der Waals surface area contributed by atoms with Gasteiger partial charge < -0.3 is 5.32 Å². The average molecular weight is 325 g/mol. The van der Waals surface area contributed by atoms with Crippen molar-refractivity contribution in [3.05, 3.63) is 42.2 Å². The molecule has 0 saturated carbocycles. The molecule has 1 amide bonds. The molecule has 2 aromatic rings. The number of aromatic nitrogens is 2. The number of alkyl halides is 3. The van der Waals surface area contributed by atoms with E-state index in [1.54, 1.807) is 12.1 Å². The van der Waals surface area contributed by atoms with Crippen molar-refractivity contribution in [1.82, 2.24) is 9.78 Å². The summed E-state index contributed by atoms with van der Waals surface area (Å²) in [5.74, 6) is -0.157. The normalized spacial score (nSPS) is 11.7. The number of hydrogen-bond acceptors (Lipinski definition) is 2. The number of hydrogen-bond donors (Lipinski definition) is 1. The Bertz CT molecular complexity index is 658. The van der Waals surface area contributed by atoms with Crippen molar-refractivity contribution >= 4 is 11.6 Å². The van der Waals surface area contributed by atoms with E-state index in [4.69, 9.17) is 0 Å². The van der Waals surface area contributed by atoms with Crippen molar-refractivity contribution in [2.45, 2.75) is 32.9 Å². The highest BCUT2D eigenvalue weighted by atomic mass is 19.4. The lowest BCUT2D eigenvalue weighted by Gasteiger charge is -2.14. The van der Waals surface area contributed by atoms with E-state index in [0.29, 0.717) is 5.69 Å². The number of nitrogens with zero attached hydrogens (tertiary/aromatic N) is 2. The Morgan fingerprint density at radius 2 is 1.78 bits per heavy atom. The number of anilines is 1. The number of halogens is 3. The molecule has 23 heavy (non-hydrogen) atoms. The Kier molecular flexibility index (Phi) is 5.08. The molecule has 0 bridgehead atoms. The Morgan fingerprint density at radius 1 is 1.17 bits per heavy atom. The van der Waals surface area contributed by atoms with Gasteiger partial charge in [0.1, 0.15) is 5.69 Å². The zero-order valence-electron chi connectivity index (χ0n) is 12.9. The van der Waals surface area contributed by atoms with Crippen molar-refractivity contribution in [3.63, 3.8) is 0 Å². The van der Waals surface area contributed by atoms with Gasteiger partial charge in [-0.05, 0) is 43.2 Å². The summed E-state index contributed by atoms with van der Waals surface area (Å²) >= 11 is 0. The third-order valence-electron chi connectivity index (χ3n) is 3.67. The molecule has 1 heterocycles. The minimum absolute atomic E-state index is 0.0716. The second-order valence-corrected chi connectivity index (χ2v) is 5.18. The molecule has 4 nitrogen and oxygen atoms in total. The molecule has 0 spiro atoms. The van der Waals surface area contributed by atoms with Gasteiger partial charge in [-0.25, -0.2) is 4.68 Å². The Balaban J connectivity index is 2.18. The van der Waals surface area contributed by atoms with Crippen molar-refractivity contribution in [2.24, 2.45) is 5.92 Å². The fraction of sp³-hybridized carbons (Fsp3) is 0.375. The maximum Gasteiger partial charge on any atom is 0.433 e. The van der Waals surface area contributed by atoms with Gasteiger partial charge in [-0.3, -0.25) is 4.79 Å². The van der Waals surface area contributed by atoms with Gasteiger partial charge in [-0.15, -0.1) is 0 Å². The number of amides is 1. The average Bonchev–Trinajstić information content (AvgIpc) is 2.99. The van der Waals surface area contributed by atoms with Crippen LogP contribution in [0.2, 0.25) is 0 Å². The quantitative estimate of drug-likeness (QED) is 0.892. The maximum atomic E-state index is 12.9. The van der Waals surface area contributed by atoms with Crippen molar-refractivity contribution in [3.8, 4) is 5.69 Å². The van der Waals surface area contributed by atoms with Gasteiger partial charge in [0.15, 0.2) is 0 Å². The van der Waals surface area contributed by atoms with Crippen molar-refractivity contribution in [1.29, 1.82) is 0 Å². The summed E-state index contributed by atoms with van der Waals surface area (Å²) < 4.78 is 39.4. The molecule has 1 aromatic heterocycles. The van der Waals surface area contributed by atoms with Gasteiger partial charge in [-0.2, -0.15) is 18.3 Å². The summed E-state index contributed by atoms with van der Waals surface area (Å²) in [7, 11) is 0. The highest BCUT2D eigenvalue weighted by Crippen LogP contribution is 2.30. The first-order valence-electron chi connectivity index (χ1n) is 7.39. The lowest BCUT2D eigenvalue weighted by Crippen LogP contribution is -2.21. The molecule has 0 atom stereocenters. The van der Waals surface area contributed by atoms with Crippen LogP contribution in [0.5, 0.6) is 0 Å². The van der Waals surface area contributed by atoms with Gasteiger partial charge in [0.2, 0.25) is 5.91 Å². The van der Waals surface area contributed by atoms with E-state index < -0.39 is 11.9 Å². The number of carbonyl (C=O) groups is 1. The fourth-order valence-electron chi connectivity index (χ4n) is 2.31.